The fourth-order valence-corrected chi connectivity index (χ4v) is 4.51. The number of benzene rings is 3. The predicted molar refractivity (Wildman–Crippen MR) is 151 cm³/mol. The van der Waals surface area contributed by atoms with Crippen molar-refractivity contribution in [2.45, 2.75) is 43.7 Å². The van der Waals surface area contributed by atoms with Crippen molar-refractivity contribution in [1.29, 1.82) is 0 Å². The number of anilines is 1. The van der Waals surface area contributed by atoms with Crippen LogP contribution in [0.2, 0.25) is 0 Å². The minimum Gasteiger partial charge on any atom is -0.445 e. The van der Waals surface area contributed by atoms with E-state index in [9.17, 15) is 29.1 Å². The van der Waals surface area contributed by atoms with Gasteiger partial charge in [-0.1, -0.05) is 78.9 Å². The van der Waals surface area contributed by atoms with Gasteiger partial charge < -0.3 is 36.8 Å². The highest BCUT2D eigenvalue weighted by Gasteiger charge is 2.48. The summed E-state index contributed by atoms with van der Waals surface area (Å²) in [4.78, 5) is 63.7. The predicted octanol–water partition coefficient (Wildman–Crippen LogP) is 1.19. The Kier molecular flexibility index (Phi) is 9.50. The number of alkyl carbamates (subject to hydrolysis) is 1. The number of nitrogens with two attached hydrogens (primary N) is 1. The molecule has 7 N–H and O–H groups in total. The van der Waals surface area contributed by atoms with Gasteiger partial charge in [-0.15, -0.1) is 0 Å². The molecule has 0 saturated heterocycles. The van der Waals surface area contributed by atoms with Gasteiger partial charge in [-0.2, -0.15) is 0 Å². The van der Waals surface area contributed by atoms with Crippen molar-refractivity contribution < 1.29 is 33.8 Å². The molecule has 1 heterocycles. The van der Waals surface area contributed by atoms with E-state index in [1.807, 2.05) is 6.07 Å². The van der Waals surface area contributed by atoms with Crippen molar-refractivity contribution in [3.05, 3.63) is 102 Å². The van der Waals surface area contributed by atoms with Crippen LogP contribution in [-0.2, 0) is 42.7 Å². The van der Waals surface area contributed by atoms with Crippen molar-refractivity contribution in [3.63, 3.8) is 0 Å². The first-order valence-corrected chi connectivity index (χ1v) is 13.2. The van der Waals surface area contributed by atoms with Crippen molar-refractivity contribution in [2.75, 3.05) is 5.32 Å². The van der Waals surface area contributed by atoms with Gasteiger partial charge in [-0.3, -0.25) is 19.2 Å². The fraction of sp³-hybridized carbons (Fsp3) is 0.233. The Balaban J connectivity index is 1.51. The lowest BCUT2D eigenvalue weighted by Gasteiger charge is -2.28. The van der Waals surface area contributed by atoms with Gasteiger partial charge in [0.2, 0.25) is 17.7 Å². The van der Waals surface area contributed by atoms with Crippen LogP contribution in [0.1, 0.15) is 29.5 Å². The molecule has 0 radical (unpaired) electrons. The highest BCUT2D eigenvalue weighted by Crippen LogP contribution is 2.38. The summed E-state index contributed by atoms with van der Waals surface area (Å²) in [6.07, 6.45) is -2.13. The summed E-state index contributed by atoms with van der Waals surface area (Å²) in [5, 5.41) is 21.5. The van der Waals surface area contributed by atoms with Crippen molar-refractivity contribution in [3.8, 4) is 0 Å². The third kappa shape index (κ3) is 7.49. The molecule has 5 amide bonds. The minimum absolute atomic E-state index is 0.0936. The number of hydrogen-bond donors (Lipinski definition) is 6. The van der Waals surface area contributed by atoms with E-state index in [1.54, 1.807) is 72.8 Å². The highest BCUT2D eigenvalue weighted by molar-refractivity contribution is 6.05. The smallest absolute Gasteiger partial charge is 0.408 e. The third-order valence-corrected chi connectivity index (χ3v) is 6.67. The lowest BCUT2D eigenvalue weighted by Crippen LogP contribution is -2.56. The van der Waals surface area contributed by atoms with Crippen LogP contribution < -0.4 is 27.0 Å². The second-order valence-corrected chi connectivity index (χ2v) is 9.76. The maximum atomic E-state index is 13.4. The molecular formula is C30H31N5O7. The van der Waals surface area contributed by atoms with Gasteiger partial charge in [0.05, 0.1) is 6.42 Å². The topological polar surface area (TPSA) is 189 Å². The Labute approximate surface area is 241 Å². The fourth-order valence-electron chi connectivity index (χ4n) is 4.51. The van der Waals surface area contributed by atoms with Gasteiger partial charge in [-0.05, 0) is 17.2 Å². The van der Waals surface area contributed by atoms with Gasteiger partial charge in [0.15, 0.2) is 5.60 Å². The summed E-state index contributed by atoms with van der Waals surface area (Å²) < 4.78 is 5.15. The molecule has 0 spiro atoms. The van der Waals surface area contributed by atoms with Crippen LogP contribution in [0.15, 0.2) is 84.9 Å². The molecule has 0 fully saturated rings. The minimum atomic E-state index is -2.15. The average molecular weight is 574 g/mol. The van der Waals surface area contributed by atoms with Gasteiger partial charge >= 0.3 is 6.09 Å². The summed E-state index contributed by atoms with van der Waals surface area (Å²) in [5.41, 5.74) is 5.24. The Bertz CT molecular complexity index is 1450. The number of carbonyl (C=O) groups is 5. The van der Waals surface area contributed by atoms with Gasteiger partial charge in [-0.25, -0.2) is 4.79 Å². The molecule has 0 aliphatic carbocycles. The normalized spacial score (nSPS) is 16.7. The SMILES string of the molecule is NC(=O)C[C@H](NC(=O)OCc1ccccc1)C(=O)N[C@@H](C[C@]1(O)C(=O)Nc2ccccc21)C(=O)NCc1ccccc1. The van der Waals surface area contributed by atoms with Crippen LogP contribution in [0.3, 0.4) is 0 Å². The molecule has 3 atom stereocenters. The van der Waals surface area contributed by atoms with E-state index >= 15 is 0 Å². The monoisotopic (exact) mass is 573 g/mol. The number of rotatable bonds is 12. The number of fused-ring (bicyclic) bond motifs is 1. The van der Waals surface area contributed by atoms with Crippen LogP contribution in [0.5, 0.6) is 0 Å². The summed E-state index contributed by atoms with van der Waals surface area (Å²) in [6, 6.07) is 21.2. The first-order valence-electron chi connectivity index (χ1n) is 13.2. The van der Waals surface area contributed by atoms with Crippen LogP contribution in [0.25, 0.3) is 0 Å². The second-order valence-electron chi connectivity index (χ2n) is 9.76. The van der Waals surface area contributed by atoms with Crippen molar-refractivity contribution in [2.24, 2.45) is 5.73 Å². The number of primary amides is 1. The molecule has 0 saturated carbocycles. The molecule has 1 aliphatic heterocycles. The van der Waals surface area contributed by atoms with Crippen molar-refractivity contribution in [1.82, 2.24) is 16.0 Å². The zero-order chi connectivity index (χ0) is 30.1. The largest absolute Gasteiger partial charge is 0.445 e. The van der Waals surface area contributed by atoms with Gasteiger partial charge in [0, 0.05) is 24.2 Å². The average Bonchev–Trinajstić information content (AvgIpc) is 3.24. The molecule has 3 aromatic rings. The lowest BCUT2D eigenvalue weighted by molar-refractivity contribution is -0.139. The molecule has 12 heteroatoms. The number of amides is 5. The van der Waals surface area contributed by atoms with Crippen LogP contribution >= 0.6 is 0 Å². The maximum absolute atomic E-state index is 13.4. The highest BCUT2D eigenvalue weighted by atomic mass is 16.5. The quantitative estimate of drug-likeness (QED) is 0.188. The molecule has 218 valence electrons. The van der Waals surface area contributed by atoms with E-state index in [2.05, 4.69) is 21.3 Å². The second kappa shape index (κ2) is 13.4. The van der Waals surface area contributed by atoms with Crippen LogP contribution in [0.4, 0.5) is 10.5 Å². The van der Waals surface area contributed by atoms with Crippen LogP contribution in [0, 0.1) is 0 Å². The number of para-hydroxylation sites is 1. The Hall–Kier alpha value is -5.23. The number of nitrogens with one attached hydrogen (secondary N) is 4. The molecule has 42 heavy (non-hydrogen) atoms. The summed E-state index contributed by atoms with van der Waals surface area (Å²) in [7, 11) is 0. The number of aliphatic hydroxyl groups is 1. The lowest BCUT2D eigenvalue weighted by atomic mass is 9.88. The molecule has 1 aliphatic rings. The first kappa shape index (κ1) is 29.7. The van der Waals surface area contributed by atoms with Gasteiger partial charge in [0.1, 0.15) is 18.7 Å². The van der Waals surface area contributed by atoms with E-state index in [-0.39, 0.29) is 18.7 Å². The molecular weight excluding hydrogens is 542 g/mol. The van der Waals surface area contributed by atoms with E-state index in [4.69, 9.17) is 10.5 Å². The number of hydrogen-bond acceptors (Lipinski definition) is 7. The summed E-state index contributed by atoms with van der Waals surface area (Å²) >= 11 is 0. The zero-order valence-electron chi connectivity index (χ0n) is 22.5. The standard InChI is InChI=1S/C30H31N5O7/c31-25(36)15-23(35-29(40)42-18-20-11-5-2-6-12-20)27(38)33-24(26(37)32-17-19-9-3-1-4-10-19)16-30(41)21-13-7-8-14-22(21)34-28(30)39/h1-14,23-24,41H,15-18H2,(H2,31,36)(H,32,37)(H,33,38)(H,34,39)(H,35,40)/t23-,24-,30+/m0/s1. The van der Waals surface area contributed by atoms with Crippen LogP contribution in [-0.4, -0.2) is 46.9 Å². The van der Waals surface area contributed by atoms with E-state index in [0.717, 1.165) is 5.56 Å². The van der Waals surface area contributed by atoms with Gasteiger partial charge in [0.25, 0.3) is 5.91 Å². The Morgan fingerprint density at radius 2 is 1.45 bits per heavy atom. The first-order chi connectivity index (χ1) is 20.2. The van der Waals surface area contributed by atoms with E-state index < -0.39 is 60.2 Å². The summed E-state index contributed by atoms with van der Waals surface area (Å²) in [6.45, 7) is 0.00564. The Morgan fingerprint density at radius 3 is 2.12 bits per heavy atom. The number of carbonyl (C=O) groups excluding carboxylic acids is 5. The summed E-state index contributed by atoms with van der Waals surface area (Å²) in [5.74, 6) is -3.32. The Morgan fingerprint density at radius 1 is 0.833 bits per heavy atom. The molecule has 0 unspecified atom stereocenters. The third-order valence-electron chi connectivity index (χ3n) is 6.67. The maximum Gasteiger partial charge on any atom is 0.408 e. The molecule has 12 nitrogen and oxygen atoms in total. The van der Waals surface area contributed by atoms with E-state index in [1.165, 1.54) is 6.07 Å². The van der Waals surface area contributed by atoms with E-state index in [0.29, 0.717) is 11.3 Å². The molecule has 0 bridgehead atoms. The molecule has 3 aromatic carbocycles. The zero-order valence-corrected chi connectivity index (χ0v) is 22.5. The molecule has 4 rings (SSSR count). The number of ether oxygens (including phenoxy) is 1. The molecule has 0 aromatic heterocycles. The van der Waals surface area contributed by atoms with Crippen molar-refractivity contribution >= 4 is 35.4 Å².